The van der Waals surface area contributed by atoms with Gasteiger partial charge in [0.2, 0.25) is 0 Å². The van der Waals surface area contributed by atoms with Crippen LogP contribution in [0.3, 0.4) is 0 Å². The van der Waals surface area contributed by atoms with Crippen LogP contribution in [0.4, 0.5) is 5.82 Å². The van der Waals surface area contributed by atoms with Gasteiger partial charge in [0.15, 0.2) is 0 Å². The number of halogens is 2. The summed E-state index contributed by atoms with van der Waals surface area (Å²) in [6, 6.07) is 22.8. The molecule has 7 nitrogen and oxygen atoms in total. The number of nitrogens with zero attached hydrogens (tertiary/aromatic N) is 3. The normalized spacial score (nSPS) is 10.6. The lowest BCUT2D eigenvalue weighted by Crippen LogP contribution is -2.23. The van der Waals surface area contributed by atoms with Crippen molar-refractivity contribution in [3.63, 3.8) is 0 Å². The van der Waals surface area contributed by atoms with Crippen molar-refractivity contribution in [1.82, 2.24) is 15.1 Å². The smallest absolute Gasteiger partial charge is 0.255 e. The number of amides is 1. The number of aryl methyl sites for hydroxylation is 2. The minimum atomic E-state index is -0.216. The molecule has 0 fully saturated rings. The fourth-order valence-electron chi connectivity index (χ4n) is 3.81. The van der Waals surface area contributed by atoms with Crippen LogP contribution in [-0.4, -0.2) is 22.8 Å². The van der Waals surface area contributed by atoms with Crippen LogP contribution in [0.5, 0.6) is 5.75 Å². The van der Waals surface area contributed by atoms with Gasteiger partial charge in [-0.1, -0.05) is 68.3 Å². The molecule has 9 heteroatoms. The predicted octanol–water partition coefficient (Wildman–Crippen LogP) is 5.71. The van der Waals surface area contributed by atoms with Crippen LogP contribution in [-0.2, 0) is 19.5 Å². The van der Waals surface area contributed by atoms with E-state index in [-0.39, 0.29) is 5.91 Å². The number of carbonyl (C=O) groups is 1. The Morgan fingerprint density at radius 3 is 2.61 bits per heavy atom. The van der Waals surface area contributed by atoms with Crippen LogP contribution in [0, 0.1) is 11.3 Å². The summed E-state index contributed by atoms with van der Waals surface area (Å²) in [5.74, 6) is 0.647. The van der Waals surface area contributed by atoms with E-state index >= 15 is 0 Å². The van der Waals surface area contributed by atoms with Crippen molar-refractivity contribution >= 4 is 43.6 Å². The molecule has 1 heterocycles. The summed E-state index contributed by atoms with van der Waals surface area (Å²) in [6.45, 7) is 0.878. The Morgan fingerprint density at radius 2 is 1.89 bits per heavy atom. The van der Waals surface area contributed by atoms with Gasteiger partial charge in [-0.25, -0.2) is 4.68 Å². The summed E-state index contributed by atoms with van der Waals surface area (Å²) in [7, 11) is 1.54. The molecule has 3 aromatic carbocycles. The van der Waals surface area contributed by atoms with Crippen LogP contribution in [0.25, 0.3) is 11.3 Å². The van der Waals surface area contributed by atoms with Crippen molar-refractivity contribution in [2.24, 2.45) is 0 Å². The molecule has 1 amide bonds. The number of rotatable bonds is 8. The maximum Gasteiger partial charge on any atom is 0.255 e. The highest BCUT2D eigenvalue weighted by molar-refractivity contribution is 9.11. The summed E-state index contributed by atoms with van der Waals surface area (Å²) < 4.78 is 8.93. The molecule has 1 aromatic heterocycles. The van der Waals surface area contributed by atoms with E-state index in [4.69, 9.17) is 10.5 Å². The molecule has 182 valence electrons. The Labute approximate surface area is 226 Å². The van der Waals surface area contributed by atoms with Crippen LogP contribution in [0.15, 0.2) is 75.7 Å². The standard InChI is InChI=1S/C27H23Br2N5O2/c1-36-24-5-3-2-4-21(24)27(35)32-16-17-6-8-18(9-7-17)25-22(15-30)26(31)34(33-25)13-12-19-14-20(28)10-11-23(19)29/h2-11,14H,12-13,16,31H2,1H3,(H,32,35). The van der Waals surface area contributed by atoms with E-state index in [1.54, 1.807) is 22.9 Å². The first kappa shape index (κ1) is 25.5. The van der Waals surface area contributed by atoms with E-state index < -0.39 is 0 Å². The highest BCUT2D eigenvalue weighted by Crippen LogP contribution is 2.28. The molecule has 4 aromatic rings. The largest absolute Gasteiger partial charge is 0.496 e. The molecule has 0 saturated heterocycles. The van der Waals surface area contributed by atoms with Crippen molar-refractivity contribution in [1.29, 1.82) is 5.26 Å². The Bertz CT molecular complexity index is 1440. The third-order valence-electron chi connectivity index (χ3n) is 5.74. The average molecular weight is 609 g/mol. The second-order valence-corrected chi connectivity index (χ2v) is 9.78. The number of ether oxygens (including phenoxy) is 1. The van der Waals surface area contributed by atoms with Gasteiger partial charge >= 0.3 is 0 Å². The molecule has 3 N–H and O–H groups in total. The number of benzene rings is 3. The monoisotopic (exact) mass is 607 g/mol. The van der Waals surface area contributed by atoms with Crippen LogP contribution in [0.2, 0.25) is 0 Å². The van der Waals surface area contributed by atoms with Gasteiger partial charge < -0.3 is 15.8 Å². The molecule has 36 heavy (non-hydrogen) atoms. The summed E-state index contributed by atoms with van der Waals surface area (Å²) >= 11 is 7.07. The summed E-state index contributed by atoms with van der Waals surface area (Å²) in [4.78, 5) is 12.6. The number of carbonyl (C=O) groups excluding carboxylic acids is 1. The van der Waals surface area contributed by atoms with E-state index in [9.17, 15) is 10.1 Å². The van der Waals surface area contributed by atoms with Crippen molar-refractivity contribution in [2.75, 3.05) is 12.8 Å². The molecule has 4 rings (SSSR count). The molecule has 0 bridgehead atoms. The lowest BCUT2D eigenvalue weighted by molar-refractivity contribution is 0.0948. The number of nitrogens with one attached hydrogen (secondary N) is 1. The Kier molecular flexibility index (Phi) is 8.08. The minimum absolute atomic E-state index is 0.216. The minimum Gasteiger partial charge on any atom is -0.496 e. The van der Waals surface area contributed by atoms with E-state index in [1.165, 1.54) is 7.11 Å². The zero-order valence-corrected chi connectivity index (χ0v) is 22.6. The van der Waals surface area contributed by atoms with E-state index in [0.717, 1.165) is 25.6 Å². The maximum absolute atomic E-state index is 12.6. The predicted molar refractivity (Wildman–Crippen MR) is 147 cm³/mol. The maximum atomic E-state index is 12.6. The van der Waals surface area contributed by atoms with E-state index in [1.807, 2.05) is 48.5 Å². The van der Waals surface area contributed by atoms with Crippen molar-refractivity contribution < 1.29 is 9.53 Å². The van der Waals surface area contributed by atoms with E-state index in [2.05, 4.69) is 48.3 Å². The van der Waals surface area contributed by atoms with Gasteiger partial charge in [-0.2, -0.15) is 10.4 Å². The van der Waals surface area contributed by atoms with Crippen molar-refractivity contribution in [3.05, 3.63) is 97.9 Å². The third-order valence-corrected chi connectivity index (χ3v) is 7.00. The molecule has 0 unspecified atom stereocenters. The zero-order chi connectivity index (χ0) is 25.7. The number of anilines is 1. The number of hydrogen-bond acceptors (Lipinski definition) is 5. The number of para-hydroxylation sites is 1. The van der Waals surface area contributed by atoms with Gasteiger partial charge in [0, 0.05) is 27.6 Å². The van der Waals surface area contributed by atoms with Crippen LogP contribution < -0.4 is 15.8 Å². The number of nitrogen functional groups attached to an aromatic ring is 1. The molecule has 0 aliphatic heterocycles. The number of nitrogens with two attached hydrogens (primary N) is 1. The van der Waals surface area contributed by atoms with Gasteiger partial charge in [0.1, 0.15) is 28.9 Å². The lowest BCUT2D eigenvalue weighted by atomic mass is 10.1. The fourth-order valence-corrected chi connectivity index (χ4v) is 4.66. The molecule has 0 saturated carbocycles. The number of nitriles is 1. The molecule has 0 spiro atoms. The van der Waals surface area contributed by atoms with Gasteiger partial charge in [-0.05, 0) is 47.9 Å². The molecular formula is C27H23Br2N5O2. The lowest BCUT2D eigenvalue weighted by Gasteiger charge is -2.09. The Morgan fingerprint density at radius 1 is 1.14 bits per heavy atom. The first-order valence-electron chi connectivity index (χ1n) is 11.1. The number of methoxy groups -OCH3 is 1. The second kappa shape index (κ2) is 11.4. The summed E-state index contributed by atoms with van der Waals surface area (Å²) in [5.41, 5.74) is 10.4. The van der Waals surface area contributed by atoms with Crippen molar-refractivity contribution in [3.8, 4) is 23.1 Å². The Hall–Kier alpha value is -3.61. The molecule has 0 atom stereocenters. The van der Waals surface area contributed by atoms with Crippen molar-refractivity contribution in [2.45, 2.75) is 19.5 Å². The number of aromatic nitrogens is 2. The first-order valence-corrected chi connectivity index (χ1v) is 12.7. The fraction of sp³-hybridized carbons (Fsp3) is 0.148. The van der Waals surface area contributed by atoms with Crippen LogP contribution >= 0.6 is 31.9 Å². The topological polar surface area (TPSA) is 106 Å². The highest BCUT2D eigenvalue weighted by atomic mass is 79.9. The van der Waals surface area contributed by atoms with Gasteiger partial charge in [0.05, 0.1) is 12.7 Å². The average Bonchev–Trinajstić information content (AvgIpc) is 3.23. The first-order chi connectivity index (χ1) is 17.4. The summed E-state index contributed by atoms with van der Waals surface area (Å²) in [5, 5.41) is 17.3. The van der Waals surface area contributed by atoms with Gasteiger partial charge in [-0.3, -0.25) is 4.79 Å². The molecule has 0 aliphatic rings. The molecular weight excluding hydrogens is 586 g/mol. The molecule has 0 aliphatic carbocycles. The zero-order valence-electron chi connectivity index (χ0n) is 19.5. The summed E-state index contributed by atoms with van der Waals surface area (Å²) in [6.07, 6.45) is 0.695. The quantitative estimate of drug-likeness (QED) is 0.266. The second-order valence-electron chi connectivity index (χ2n) is 8.01. The number of hydrogen-bond donors (Lipinski definition) is 2. The SMILES string of the molecule is COc1ccccc1C(=O)NCc1ccc(-c2nn(CCc3cc(Br)ccc3Br)c(N)c2C#N)cc1. The van der Waals surface area contributed by atoms with Gasteiger partial charge in [0.25, 0.3) is 5.91 Å². The molecule has 0 radical (unpaired) electrons. The third kappa shape index (κ3) is 5.61. The highest BCUT2D eigenvalue weighted by Gasteiger charge is 2.18. The van der Waals surface area contributed by atoms with Crippen LogP contribution in [0.1, 0.15) is 27.0 Å². The van der Waals surface area contributed by atoms with E-state index in [0.29, 0.717) is 47.9 Å². The Balaban J connectivity index is 1.47. The van der Waals surface area contributed by atoms with Gasteiger partial charge in [-0.15, -0.1) is 0 Å².